The van der Waals surface area contributed by atoms with Gasteiger partial charge in [-0.1, -0.05) is 11.8 Å². The number of hydrogen-bond acceptors (Lipinski definition) is 8. The molecule has 0 saturated heterocycles. The van der Waals surface area contributed by atoms with E-state index >= 15 is 0 Å². The number of amides is 1. The zero-order valence-corrected chi connectivity index (χ0v) is 20.3. The molecule has 0 bridgehead atoms. The zero-order chi connectivity index (χ0) is 22.6. The summed E-state index contributed by atoms with van der Waals surface area (Å²) in [5.41, 5.74) is 2.54. The number of thioether (sulfide) groups is 1. The molecule has 1 aliphatic carbocycles. The van der Waals surface area contributed by atoms with Crippen LogP contribution in [0.2, 0.25) is 0 Å². The minimum Gasteiger partial charge on any atom is -0.302 e. The van der Waals surface area contributed by atoms with Gasteiger partial charge in [-0.3, -0.25) is 14.2 Å². The van der Waals surface area contributed by atoms with Gasteiger partial charge in [0.25, 0.3) is 15.8 Å². The van der Waals surface area contributed by atoms with Gasteiger partial charge in [0.2, 0.25) is 5.91 Å². The Bertz CT molecular complexity index is 1250. The second-order valence-corrected chi connectivity index (χ2v) is 12.5. The Hall–Kier alpha value is -1.80. The number of nitrogens with zero attached hydrogens (tertiary/aromatic N) is 5. The molecular formula is C19H24N6O4S3. The normalized spacial score (nSPS) is 20.3. The predicted octanol–water partition coefficient (Wildman–Crippen LogP) is 1.03. The summed E-state index contributed by atoms with van der Waals surface area (Å²) in [6.45, 7) is 0.614. The van der Waals surface area contributed by atoms with Crippen LogP contribution in [0.15, 0.2) is 9.95 Å². The molecule has 10 nitrogen and oxygen atoms in total. The fourth-order valence-corrected chi connectivity index (χ4v) is 7.69. The third kappa shape index (κ3) is 3.79. The highest BCUT2D eigenvalue weighted by Gasteiger charge is 2.33. The summed E-state index contributed by atoms with van der Waals surface area (Å²) in [6, 6.07) is -0.226. The summed E-state index contributed by atoms with van der Waals surface area (Å²) in [4.78, 5) is 35.6. The first kappa shape index (κ1) is 22.0. The summed E-state index contributed by atoms with van der Waals surface area (Å²) >= 11 is 2.83. The van der Waals surface area contributed by atoms with E-state index in [4.69, 9.17) is 0 Å². The van der Waals surface area contributed by atoms with Crippen molar-refractivity contribution < 1.29 is 13.2 Å². The van der Waals surface area contributed by atoms with E-state index < -0.39 is 10.2 Å². The topological polar surface area (TPSA) is 118 Å². The highest BCUT2D eigenvalue weighted by Crippen LogP contribution is 2.35. The SMILES string of the molecule is CN(C)S(=O)(=O)N1CCc2nc(NC(=O)CC3CSc4nc5c(c(=O)n43)CCC5)sc2C1. The first-order valence-electron chi connectivity index (χ1n) is 10.5. The Kier molecular flexibility index (Phi) is 5.64. The molecule has 1 amide bonds. The van der Waals surface area contributed by atoms with E-state index in [9.17, 15) is 18.0 Å². The molecule has 0 aromatic carbocycles. The van der Waals surface area contributed by atoms with E-state index in [1.807, 2.05) is 0 Å². The fourth-order valence-electron chi connectivity index (χ4n) is 4.34. The molecule has 4 heterocycles. The molecule has 2 aromatic rings. The summed E-state index contributed by atoms with van der Waals surface area (Å²) in [7, 11) is -0.468. The van der Waals surface area contributed by atoms with Crippen LogP contribution in [-0.2, 0) is 40.8 Å². The number of nitrogens with one attached hydrogen (secondary N) is 1. The largest absolute Gasteiger partial charge is 0.302 e. The average molecular weight is 497 g/mol. The summed E-state index contributed by atoms with van der Waals surface area (Å²) in [5, 5.41) is 4.03. The number of carbonyl (C=O) groups is 1. The molecule has 0 fully saturated rings. The Morgan fingerprint density at radius 1 is 1.22 bits per heavy atom. The van der Waals surface area contributed by atoms with E-state index in [-0.39, 0.29) is 30.5 Å². The van der Waals surface area contributed by atoms with Crippen LogP contribution in [0.5, 0.6) is 0 Å². The molecular weight excluding hydrogens is 472 g/mol. The Morgan fingerprint density at radius 3 is 2.81 bits per heavy atom. The van der Waals surface area contributed by atoms with Gasteiger partial charge in [0.15, 0.2) is 10.3 Å². The van der Waals surface area contributed by atoms with E-state index in [2.05, 4.69) is 15.3 Å². The first-order chi connectivity index (χ1) is 15.2. The quantitative estimate of drug-likeness (QED) is 0.615. The number of carbonyl (C=O) groups excluding carboxylic acids is 1. The van der Waals surface area contributed by atoms with Crippen molar-refractivity contribution in [3.63, 3.8) is 0 Å². The van der Waals surface area contributed by atoms with Gasteiger partial charge in [0.1, 0.15) is 0 Å². The van der Waals surface area contributed by atoms with E-state index in [1.54, 1.807) is 4.57 Å². The molecule has 1 unspecified atom stereocenters. The lowest BCUT2D eigenvalue weighted by atomic mass is 10.2. The Labute approximate surface area is 194 Å². The molecule has 1 N–H and O–H groups in total. The van der Waals surface area contributed by atoms with Crippen LogP contribution in [0.4, 0.5) is 5.13 Å². The lowest BCUT2D eigenvalue weighted by molar-refractivity contribution is -0.116. The van der Waals surface area contributed by atoms with Crippen molar-refractivity contribution >= 4 is 44.3 Å². The Balaban J connectivity index is 1.28. The summed E-state index contributed by atoms with van der Waals surface area (Å²) in [5.74, 6) is 0.435. The van der Waals surface area contributed by atoms with Crippen LogP contribution in [0.1, 0.15) is 40.7 Å². The second kappa shape index (κ2) is 8.20. The number of aryl methyl sites for hydroxylation is 1. The lowest BCUT2D eigenvalue weighted by Crippen LogP contribution is -2.42. The molecule has 0 radical (unpaired) electrons. The van der Waals surface area contributed by atoms with Crippen LogP contribution in [0.25, 0.3) is 0 Å². The first-order valence-corrected chi connectivity index (χ1v) is 13.7. The van der Waals surface area contributed by atoms with Gasteiger partial charge < -0.3 is 5.32 Å². The molecule has 172 valence electrons. The summed E-state index contributed by atoms with van der Waals surface area (Å²) in [6.07, 6.45) is 3.25. The van der Waals surface area contributed by atoms with Gasteiger partial charge in [0.05, 0.1) is 24.0 Å². The number of thiazole rings is 1. The van der Waals surface area contributed by atoms with E-state index in [0.717, 1.165) is 41.1 Å². The highest BCUT2D eigenvalue weighted by molar-refractivity contribution is 7.99. The zero-order valence-electron chi connectivity index (χ0n) is 17.8. The average Bonchev–Trinajstić information content (AvgIpc) is 3.45. The van der Waals surface area contributed by atoms with Crippen molar-refractivity contribution in [3.8, 4) is 0 Å². The third-order valence-electron chi connectivity index (χ3n) is 6.02. The highest BCUT2D eigenvalue weighted by atomic mass is 32.2. The van der Waals surface area contributed by atoms with Gasteiger partial charge >= 0.3 is 0 Å². The molecule has 2 aliphatic heterocycles. The maximum atomic E-state index is 12.9. The molecule has 32 heavy (non-hydrogen) atoms. The van der Waals surface area contributed by atoms with Gasteiger partial charge in [-0.25, -0.2) is 9.97 Å². The van der Waals surface area contributed by atoms with Gasteiger partial charge in [-0.05, 0) is 19.3 Å². The molecule has 13 heteroatoms. The minimum atomic E-state index is -3.49. The predicted molar refractivity (Wildman–Crippen MR) is 122 cm³/mol. The van der Waals surface area contributed by atoms with Crippen LogP contribution in [0.3, 0.4) is 0 Å². The lowest BCUT2D eigenvalue weighted by Gasteiger charge is -2.27. The van der Waals surface area contributed by atoms with Crippen LogP contribution in [0, 0.1) is 0 Å². The number of anilines is 1. The fraction of sp³-hybridized carbons (Fsp3) is 0.579. The number of fused-ring (bicyclic) bond motifs is 3. The standard InChI is InChI=1S/C19H24N6O4S3/c1-23(2)32(28,29)24-7-6-14-15(9-24)31-18(20-14)22-16(26)8-11-10-30-19-21-13-5-3-4-12(13)17(27)25(11)19/h11H,3-10H2,1-2H3,(H,20,22,26). The monoisotopic (exact) mass is 496 g/mol. The number of hydrogen-bond donors (Lipinski definition) is 1. The molecule has 0 spiro atoms. The van der Waals surface area contributed by atoms with E-state index in [1.165, 1.54) is 45.8 Å². The number of aromatic nitrogens is 3. The molecule has 1 atom stereocenters. The molecule has 0 saturated carbocycles. The smallest absolute Gasteiger partial charge is 0.281 e. The van der Waals surface area contributed by atoms with Crippen LogP contribution < -0.4 is 10.9 Å². The summed E-state index contributed by atoms with van der Waals surface area (Å²) < 4.78 is 29.1. The van der Waals surface area contributed by atoms with Crippen molar-refractivity contribution in [2.24, 2.45) is 0 Å². The second-order valence-electron chi connectivity index (χ2n) is 8.33. The van der Waals surface area contributed by atoms with Crippen molar-refractivity contribution in [3.05, 3.63) is 32.2 Å². The van der Waals surface area contributed by atoms with Crippen molar-refractivity contribution in [1.82, 2.24) is 23.1 Å². The van der Waals surface area contributed by atoms with Gasteiger partial charge in [0, 0.05) is 49.7 Å². The van der Waals surface area contributed by atoms with Crippen LogP contribution >= 0.6 is 23.1 Å². The van der Waals surface area contributed by atoms with Crippen LogP contribution in [-0.4, -0.2) is 63.9 Å². The van der Waals surface area contributed by atoms with Gasteiger partial charge in [-0.15, -0.1) is 11.3 Å². The molecule has 5 rings (SSSR count). The van der Waals surface area contributed by atoms with Crippen molar-refractivity contribution in [1.29, 1.82) is 0 Å². The number of rotatable bonds is 5. The third-order valence-corrected chi connectivity index (χ3v) is 10.0. The van der Waals surface area contributed by atoms with Crippen molar-refractivity contribution in [2.45, 2.75) is 49.8 Å². The van der Waals surface area contributed by atoms with Gasteiger partial charge in [-0.2, -0.15) is 17.0 Å². The molecule has 2 aromatic heterocycles. The molecule has 3 aliphatic rings. The Morgan fingerprint density at radius 2 is 2.03 bits per heavy atom. The minimum absolute atomic E-state index is 0.00259. The van der Waals surface area contributed by atoms with Crippen molar-refractivity contribution in [2.75, 3.05) is 31.7 Å². The maximum Gasteiger partial charge on any atom is 0.281 e. The maximum absolute atomic E-state index is 12.9. The van der Waals surface area contributed by atoms with E-state index in [0.29, 0.717) is 29.0 Å².